The zero-order chi connectivity index (χ0) is 23.5. The molecule has 34 heavy (non-hydrogen) atoms. The molecule has 5 rings (SSSR count). The van der Waals surface area contributed by atoms with Crippen LogP contribution in [0.5, 0.6) is 0 Å². The van der Waals surface area contributed by atoms with Gasteiger partial charge >= 0.3 is 0 Å². The van der Waals surface area contributed by atoms with Crippen LogP contribution >= 0.6 is 0 Å². The molecule has 1 aromatic carbocycles. The van der Waals surface area contributed by atoms with Gasteiger partial charge in [0.2, 0.25) is 5.91 Å². The standard InChI is InChI=1S/C28H34FN3O2/c29-24-11-7-10-22(18-24)25-19-23-20-31(27(33)21-8-3-1-4-9-21)15-12-26(23)32(28(25)34)17-16-30-13-5-2-6-14-30/h1,3,7,10-11,18-19,21H,2,4-6,8-9,12-17,20H2. The first-order valence-corrected chi connectivity index (χ1v) is 12.8. The van der Waals surface area contributed by atoms with Gasteiger partial charge in [0.05, 0.1) is 0 Å². The number of carbonyl (C=O) groups excluding carboxylic acids is 1. The molecule has 1 atom stereocenters. The van der Waals surface area contributed by atoms with Gasteiger partial charge in [0.25, 0.3) is 5.56 Å². The van der Waals surface area contributed by atoms with Crippen LogP contribution in [0.1, 0.15) is 49.8 Å². The molecule has 6 heteroatoms. The number of piperidine rings is 1. The molecule has 1 unspecified atom stereocenters. The van der Waals surface area contributed by atoms with Gasteiger partial charge in [-0.3, -0.25) is 9.59 Å². The van der Waals surface area contributed by atoms with Crippen molar-refractivity contribution in [2.45, 2.75) is 58.0 Å². The minimum Gasteiger partial charge on any atom is -0.338 e. The van der Waals surface area contributed by atoms with Gasteiger partial charge in [-0.25, -0.2) is 4.39 Å². The van der Waals surface area contributed by atoms with E-state index in [0.717, 1.165) is 50.2 Å². The fraction of sp³-hybridized carbons (Fsp3) is 0.500. The van der Waals surface area contributed by atoms with E-state index in [1.165, 1.54) is 31.4 Å². The van der Waals surface area contributed by atoms with Crippen LogP contribution in [0.3, 0.4) is 0 Å². The Kier molecular flexibility index (Phi) is 6.95. The smallest absolute Gasteiger partial charge is 0.258 e. The summed E-state index contributed by atoms with van der Waals surface area (Å²) in [5, 5.41) is 0. The molecule has 0 saturated carbocycles. The summed E-state index contributed by atoms with van der Waals surface area (Å²) in [7, 11) is 0. The second-order valence-corrected chi connectivity index (χ2v) is 9.89. The van der Waals surface area contributed by atoms with E-state index in [1.807, 2.05) is 15.5 Å². The van der Waals surface area contributed by atoms with Crippen molar-refractivity contribution in [3.63, 3.8) is 0 Å². The van der Waals surface area contributed by atoms with Gasteiger partial charge in [0, 0.05) is 49.8 Å². The molecule has 1 saturated heterocycles. The van der Waals surface area contributed by atoms with Crippen LogP contribution in [0.15, 0.2) is 47.3 Å². The van der Waals surface area contributed by atoms with Crippen LogP contribution in [-0.2, 0) is 24.3 Å². The van der Waals surface area contributed by atoms with Gasteiger partial charge in [0.1, 0.15) is 5.82 Å². The molecule has 2 aliphatic heterocycles. The molecule has 0 bridgehead atoms. The maximum atomic E-state index is 14.0. The fourth-order valence-corrected chi connectivity index (χ4v) is 5.71. The summed E-state index contributed by atoms with van der Waals surface area (Å²) in [6.07, 6.45) is 11.3. The first kappa shape index (κ1) is 23.0. The van der Waals surface area contributed by atoms with Crippen molar-refractivity contribution in [2.75, 3.05) is 26.2 Å². The monoisotopic (exact) mass is 463 g/mol. The Bertz CT molecular complexity index is 1130. The van der Waals surface area contributed by atoms with E-state index in [0.29, 0.717) is 37.2 Å². The topological polar surface area (TPSA) is 45.6 Å². The number of aromatic nitrogens is 1. The van der Waals surface area contributed by atoms with Gasteiger partial charge in [0.15, 0.2) is 0 Å². The molecule has 5 nitrogen and oxygen atoms in total. The Morgan fingerprint density at radius 1 is 1.03 bits per heavy atom. The van der Waals surface area contributed by atoms with E-state index in [4.69, 9.17) is 0 Å². The van der Waals surface area contributed by atoms with Crippen LogP contribution in [-0.4, -0.2) is 46.5 Å². The number of rotatable bonds is 5. The molecule has 2 aromatic rings. The molecule has 3 heterocycles. The first-order valence-electron chi connectivity index (χ1n) is 12.8. The highest BCUT2D eigenvalue weighted by atomic mass is 19.1. The van der Waals surface area contributed by atoms with Crippen molar-refractivity contribution in [2.24, 2.45) is 5.92 Å². The molecule has 3 aliphatic rings. The minimum atomic E-state index is -0.350. The normalized spacial score (nSPS) is 20.9. The third-order valence-electron chi connectivity index (χ3n) is 7.62. The lowest BCUT2D eigenvalue weighted by Gasteiger charge is -2.34. The molecular formula is C28H34FN3O2. The van der Waals surface area contributed by atoms with Crippen molar-refractivity contribution in [1.29, 1.82) is 0 Å². The summed E-state index contributed by atoms with van der Waals surface area (Å²) in [6, 6.07) is 8.17. The van der Waals surface area contributed by atoms with Gasteiger partial charge in [-0.2, -0.15) is 0 Å². The number of likely N-dealkylation sites (tertiary alicyclic amines) is 1. The predicted molar refractivity (Wildman–Crippen MR) is 132 cm³/mol. The number of carbonyl (C=O) groups is 1. The number of pyridine rings is 1. The number of hydrogen-bond donors (Lipinski definition) is 0. The number of halogens is 1. The highest BCUT2D eigenvalue weighted by Gasteiger charge is 2.29. The van der Waals surface area contributed by atoms with E-state index >= 15 is 0 Å². The number of fused-ring (bicyclic) bond motifs is 1. The van der Waals surface area contributed by atoms with Crippen LogP contribution < -0.4 is 5.56 Å². The van der Waals surface area contributed by atoms with Crippen LogP contribution in [0.25, 0.3) is 11.1 Å². The number of nitrogens with zero attached hydrogens (tertiary/aromatic N) is 3. The van der Waals surface area contributed by atoms with Gasteiger partial charge in [-0.05, 0) is 74.5 Å². The predicted octanol–water partition coefficient (Wildman–Crippen LogP) is 4.38. The Balaban J connectivity index is 1.47. The number of benzene rings is 1. The highest BCUT2D eigenvalue weighted by molar-refractivity contribution is 5.79. The quantitative estimate of drug-likeness (QED) is 0.618. The molecule has 1 aliphatic carbocycles. The van der Waals surface area contributed by atoms with Crippen molar-refractivity contribution in [1.82, 2.24) is 14.4 Å². The second kappa shape index (κ2) is 10.3. The summed E-state index contributed by atoms with van der Waals surface area (Å²) in [5.74, 6) is -0.0794. The third-order valence-corrected chi connectivity index (χ3v) is 7.62. The van der Waals surface area contributed by atoms with E-state index in [-0.39, 0.29) is 23.2 Å². The highest BCUT2D eigenvalue weighted by Crippen LogP contribution is 2.27. The number of hydrogen-bond acceptors (Lipinski definition) is 3. The Labute approximate surface area is 200 Å². The summed E-state index contributed by atoms with van der Waals surface area (Å²) >= 11 is 0. The Morgan fingerprint density at radius 2 is 1.88 bits per heavy atom. The van der Waals surface area contributed by atoms with Crippen LogP contribution in [0.2, 0.25) is 0 Å². The van der Waals surface area contributed by atoms with Gasteiger partial charge < -0.3 is 14.4 Å². The maximum absolute atomic E-state index is 14.0. The van der Waals surface area contributed by atoms with Crippen LogP contribution in [0.4, 0.5) is 4.39 Å². The van der Waals surface area contributed by atoms with Crippen molar-refractivity contribution < 1.29 is 9.18 Å². The lowest BCUT2D eigenvalue weighted by Crippen LogP contribution is -2.43. The molecule has 0 radical (unpaired) electrons. The summed E-state index contributed by atoms with van der Waals surface area (Å²) < 4.78 is 15.9. The van der Waals surface area contributed by atoms with Gasteiger partial charge in [-0.1, -0.05) is 30.7 Å². The van der Waals surface area contributed by atoms with E-state index in [1.54, 1.807) is 12.1 Å². The Hall–Kier alpha value is -2.73. The van der Waals surface area contributed by atoms with E-state index < -0.39 is 0 Å². The number of amides is 1. The summed E-state index contributed by atoms with van der Waals surface area (Å²) in [4.78, 5) is 31.2. The van der Waals surface area contributed by atoms with Crippen molar-refractivity contribution in [3.05, 3.63) is 69.9 Å². The second-order valence-electron chi connectivity index (χ2n) is 9.89. The minimum absolute atomic E-state index is 0.0549. The zero-order valence-electron chi connectivity index (χ0n) is 19.8. The summed E-state index contributed by atoms with van der Waals surface area (Å²) in [5.41, 5.74) is 3.11. The Morgan fingerprint density at radius 3 is 2.65 bits per heavy atom. The molecule has 1 fully saturated rings. The number of allylic oxidation sites excluding steroid dienone is 2. The SMILES string of the molecule is O=C(C1CC=CCC1)N1CCc2c(cc(-c3cccc(F)c3)c(=O)n2CCN2CCCCC2)C1. The maximum Gasteiger partial charge on any atom is 0.258 e. The molecule has 180 valence electrons. The molecule has 0 spiro atoms. The van der Waals surface area contributed by atoms with E-state index in [9.17, 15) is 14.0 Å². The third kappa shape index (κ3) is 4.88. The molecule has 1 amide bonds. The zero-order valence-corrected chi connectivity index (χ0v) is 19.8. The fourth-order valence-electron chi connectivity index (χ4n) is 5.71. The average molecular weight is 464 g/mol. The molecular weight excluding hydrogens is 429 g/mol. The molecule has 1 aromatic heterocycles. The molecule has 0 N–H and O–H groups in total. The van der Waals surface area contributed by atoms with Crippen molar-refractivity contribution >= 4 is 5.91 Å². The van der Waals surface area contributed by atoms with E-state index in [2.05, 4.69) is 17.1 Å². The average Bonchev–Trinajstić information content (AvgIpc) is 2.88. The lowest BCUT2D eigenvalue weighted by molar-refractivity contribution is -0.136. The van der Waals surface area contributed by atoms with Crippen molar-refractivity contribution in [3.8, 4) is 11.1 Å². The largest absolute Gasteiger partial charge is 0.338 e. The van der Waals surface area contributed by atoms with Gasteiger partial charge in [-0.15, -0.1) is 0 Å². The first-order chi connectivity index (χ1) is 16.6. The summed E-state index contributed by atoms with van der Waals surface area (Å²) in [6.45, 7) is 4.80. The lowest BCUT2D eigenvalue weighted by atomic mass is 9.91. The van der Waals surface area contributed by atoms with Crippen LogP contribution in [0, 0.1) is 11.7 Å².